The van der Waals surface area contributed by atoms with Crippen LogP contribution >= 0.6 is 23.2 Å². The van der Waals surface area contributed by atoms with Crippen molar-refractivity contribution in [3.05, 3.63) is 165 Å². The van der Waals surface area contributed by atoms with E-state index in [1.165, 1.54) is 14.2 Å². The number of rotatable bonds is 9. The van der Waals surface area contributed by atoms with Crippen LogP contribution in [0, 0.1) is 23.0 Å². The molecule has 0 aliphatic rings. The van der Waals surface area contributed by atoms with Crippen LogP contribution in [0.3, 0.4) is 0 Å². The first kappa shape index (κ1) is 36.0. The average molecular weight is 712 g/mol. The van der Waals surface area contributed by atoms with Gasteiger partial charge in [-0.1, -0.05) is 71.7 Å². The summed E-state index contributed by atoms with van der Waals surface area (Å²) in [5.41, 5.74) is 11.6. The molecule has 50 heavy (non-hydrogen) atoms. The fourth-order valence-electron chi connectivity index (χ4n) is 5.36. The molecule has 4 aromatic carbocycles. The van der Waals surface area contributed by atoms with Gasteiger partial charge in [0, 0.05) is 43.3 Å². The van der Waals surface area contributed by atoms with Crippen LogP contribution < -0.4 is 15.2 Å². The van der Waals surface area contributed by atoms with E-state index in [0.717, 1.165) is 16.8 Å². The predicted octanol–water partition coefficient (Wildman–Crippen LogP) is 9.86. The summed E-state index contributed by atoms with van der Waals surface area (Å²) in [5, 5.41) is 9.88. The topological polar surface area (TPSA) is 94.0 Å². The van der Waals surface area contributed by atoms with Crippen molar-refractivity contribution in [2.45, 2.75) is 19.4 Å². The smallest absolute Gasteiger partial charge is 0.140 e. The van der Waals surface area contributed by atoms with E-state index in [9.17, 15) is 0 Å². The van der Waals surface area contributed by atoms with Gasteiger partial charge in [-0.2, -0.15) is 5.26 Å². The highest BCUT2D eigenvalue weighted by atomic mass is 35.5. The minimum atomic E-state index is -0.356. The second kappa shape index (κ2) is 16.9. The number of aromatic nitrogens is 2. The molecule has 0 saturated heterocycles. The second-order valence-corrected chi connectivity index (χ2v) is 12.0. The number of nitrogens with two attached hydrogens (primary N) is 1. The number of hydrogen-bond donors (Lipinski definition) is 1. The number of nitrogens with zero attached hydrogens (tertiary/aromatic N) is 3. The Bertz CT molecular complexity index is 2140. The largest absolute Gasteiger partial charge is 0.496 e. The fraction of sp³-hybridized carbons (Fsp3) is 0.125. The molecule has 6 rings (SSSR count). The molecule has 0 fully saturated rings. The van der Waals surface area contributed by atoms with Gasteiger partial charge >= 0.3 is 0 Å². The molecule has 6 nitrogen and oxygen atoms in total. The summed E-state index contributed by atoms with van der Waals surface area (Å²) >= 11 is 12.1. The van der Waals surface area contributed by atoms with Crippen molar-refractivity contribution in [3.63, 3.8) is 0 Å². The van der Waals surface area contributed by atoms with Gasteiger partial charge in [-0.3, -0.25) is 4.98 Å². The molecule has 0 unspecified atom stereocenters. The van der Waals surface area contributed by atoms with Crippen LogP contribution in [-0.2, 0) is 19.4 Å². The lowest BCUT2D eigenvalue weighted by molar-refractivity contribution is 0.413. The summed E-state index contributed by atoms with van der Waals surface area (Å²) < 4.78 is 41.0. The molecule has 0 aliphatic carbocycles. The van der Waals surface area contributed by atoms with Gasteiger partial charge < -0.3 is 15.2 Å². The molecule has 0 saturated carbocycles. The van der Waals surface area contributed by atoms with Crippen molar-refractivity contribution >= 4 is 23.2 Å². The number of nitriles is 1. The maximum absolute atomic E-state index is 15.2. The second-order valence-electron chi connectivity index (χ2n) is 11.1. The van der Waals surface area contributed by atoms with E-state index in [4.69, 9.17) is 43.7 Å². The normalized spacial score (nSPS) is 10.5. The Balaban J connectivity index is 0.000000224. The lowest BCUT2D eigenvalue weighted by Gasteiger charge is -2.14. The highest BCUT2D eigenvalue weighted by molar-refractivity contribution is 6.31. The van der Waals surface area contributed by atoms with Crippen LogP contribution in [0.5, 0.6) is 11.5 Å². The molecule has 2 heterocycles. The van der Waals surface area contributed by atoms with Gasteiger partial charge in [0.2, 0.25) is 0 Å². The van der Waals surface area contributed by atoms with E-state index in [2.05, 4.69) is 9.97 Å². The first-order valence-corrected chi connectivity index (χ1v) is 16.2. The van der Waals surface area contributed by atoms with Crippen LogP contribution in [0.1, 0.15) is 35.1 Å². The van der Waals surface area contributed by atoms with Gasteiger partial charge in [0.1, 0.15) is 34.9 Å². The summed E-state index contributed by atoms with van der Waals surface area (Å²) in [5.74, 6) is 0.247. The van der Waals surface area contributed by atoms with Crippen molar-refractivity contribution in [2.24, 2.45) is 5.73 Å². The molecule has 10 heteroatoms. The Hall–Kier alpha value is -5.33. The average Bonchev–Trinajstić information content (AvgIpc) is 3.14. The third kappa shape index (κ3) is 8.63. The summed E-state index contributed by atoms with van der Waals surface area (Å²) in [6.07, 6.45) is 4.11. The van der Waals surface area contributed by atoms with E-state index in [1.807, 2.05) is 24.3 Å². The quantitative estimate of drug-likeness (QED) is 0.161. The Morgan fingerprint density at radius 3 is 1.58 bits per heavy atom. The molecule has 254 valence electrons. The summed E-state index contributed by atoms with van der Waals surface area (Å²) in [6.45, 7) is 0.385. The number of pyridine rings is 2. The van der Waals surface area contributed by atoms with E-state index in [0.29, 0.717) is 80.0 Å². The minimum absolute atomic E-state index is 0. The SMILES string of the molecule is COc1ccc(Cc2ccc(C#N)nc2)c(F)c1-c1cccc(Cl)c1.COc1ccc(Cc2ccc(CN)nc2)c(F)c1-c1cccc(Cl)c1.[HH]. The standard InChI is InChI=1S/C20H18ClFN2O.C20H14ClFN2O.H2/c2*1-25-18-8-6-15(9-13-5-7-17(11-23)24-12-13)20(22)19(18)14-3-2-4-16(21)10-14;/h2-8,10,12H,9,11,23H2,1H3;2-8,10,12H,9H2,1H3;1H. The first-order chi connectivity index (χ1) is 24.2. The van der Waals surface area contributed by atoms with Crippen molar-refractivity contribution in [3.8, 4) is 39.8 Å². The number of hydrogen-bond acceptors (Lipinski definition) is 6. The van der Waals surface area contributed by atoms with Gasteiger partial charge in [0.25, 0.3) is 0 Å². The molecule has 2 aromatic heterocycles. The van der Waals surface area contributed by atoms with Crippen molar-refractivity contribution in [1.82, 2.24) is 9.97 Å². The first-order valence-electron chi connectivity index (χ1n) is 15.5. The molecule has 0 atom stereocenters. The van der Waals surface area contributed by atoms with E-state index in [-0.39, 0.29) is 13.1 Å². The molecule has 0 aliphatic heterocycles. The monoisotopic (exact) mass is 710 g/mol. The van der Waals surface area contributed by atoms with Gasteiger partial charge in [-0.05, 0) is 81.9 Å². The van der Waals surface area contributed by atoms with Gasteiger partial charge in [-0.15, -0.1) is 0 Å². The number of ether oxygens (including phenoxy) is 2. The summed E-state index contributed by atoms with van der Waals surface area (Å²) in [7, 11) is 3.03. The Kier molecular flexibility index (Phi) is 12.1. The fourth-order valence-corrected chi connectivity index (χ4v) is 5.74. The molecule has 6 aromatic rings. The Morgan fingerprint density at radius 2 is 1.20 bits per heavy atom. The Morgan fingerprint density at radius 1 is 0.700 bits per heavy atom. The molecular weight excluding hydrogens is 677 g/mol. The predicted molar refractivity (Wildman–Crippen MR) is 196 cm³/mol. The van der Waals surface area contributed by atoms with Gasteiger partial charge in [0.05, 0.1) is 31.0 Å². The molecular formula is C40H34Cl2F2N4O2. The Labute approximate surface area is 301 Å². The number of methoxy groups -OCH3 is 2. The third-order valence-corrected chi connectivity index (χ3v) is 8.33. The highest BCUT2D eigenvalue weighted by Gasteiger charge is 2.18. The zero-order valence-corrected chi connectivity index (χ0v) is 28.8. The minimum Gasteiger partial charge on any atom is -0.496 e. The van der Waals surface area contributed by atoms with Crippen LogP contribution in [0.25, 0.3) is 22.3 Å². The molecule has 0 amide bonds. The number of benzene rings is 4. The maximum atomic E-state index is 15.2. The van der Waals surface area contributed by atoms with Crippen LogP contribution in [0.15, 0.2) is 109 Å². The molecule has 0 spiro atoms. The third-order valence-electron chi connectivity index (χ3n) is 7.86. The van der Waals surface area contributed by atoms with Gasteiger partial charge in [0.15, 0.2) is 0 Å². The molecule has 0 bridgehead atoms. The highest BCUT2D eigenvalue weighted by Crippen LogP contribution is 2.37. The number of halogens is 4. The maximum Gasteiger partial charge on any atom is 0.140 e. The van der Waals surface area contributed by atoms with E-state index >= 15 is 8.78 Å². The molecule has 2 N–H and O–H groups in total. The van der Waals surface area contributed by atoms with Crippen LogP contribution in [-0.4, -0.2) is 24.2 Å². The molecule has 0 radical (unpaired) electrons. The zero-order valence-electron chi connectivity index (χ0n) is 27.3. The van der Waals surface area contributed by atoms with E-state index < -0.39 is 0 Å². The van der Waals surface area contributed by atoms with E-state index in [1.54, 1.807) is 91.3 Å². The van der Waals surface area contributed by atoms with Crippen molar-refractivity contribution < 1.29 is 19.7 Å². The van der Waals surface area contributed by atoms with Gasteiger partial charge in [-0.25, -0.2) is 13.8 Å². The lowest BCUT2D eigenvalue weighted by Crippen LogP contribution is -2.01. The summed E-state index contributed by atoms with van der Waals surface area (Å²) in [6, 6.07) is 30.2. The zero-order chi connectivity index (χ0) is 35.6. The lowest BCUT2D eigenvalue weighted by atomic mass is 9.97. The van der Waals surface area contributed by atoms with Crippen LogP contribution in [0.2, 0.25) is 10.0 Å². The van der Waals surface area contributed by atoms with Crippen molar-refractivity contribution in [1.29, 1.82) is 5.26 Å². The summed E-state index contributed by atoms with van der Waals surface area (Å²) in [4.78, 5) is 8.28. The van der Waals surface area contributed by atoms with Crippen LogP contribution in [0.4, 0.5) is 8.78 Å². The van der Waals surface area contributed by atoms with Crippen molar-refractivity contribution in [2.75, 3.05) is 14.2 Å².